The Labute approximate surface area is 157 Å². The number of ether oxygens (including phenoxy) is 1. The van der Waals surface area contributed by atoms with E-state index >= 15 is 0 Å². The third-order valence-electron chi connectivity index (χ3n) is 4.76. The molecule has 0 aromatic heterocycles. The number of carbonyl (C=O) groups is 3. The van der Waals surface area contributed by atoms with Crippen molar-refractivity contribution < 1.29 is 19.1 Å². The van der Waals surface area contributed by atoms with Crippen LogP contribution in [0.25, 0.3) is 0 Å². The summed E-state index contributed by atoms with van der Waals surface area (Å²) in [6.07, 6.45) is 2.01. The molecule has 27 heavy (non-hydrogen) atoms. The Hall–Kier alpha value is -3.15. The Morgan fingerprint density at radius 1 is 1.00 bits per heavy atom. The molecule has 2 aromatic rings. The molecule has 1 heterocycles. The minimum absolute atomic E-state index is 0.313. The van der Waals surface area contributed by atoms with Gasteiger partial charge in [-0.1, -0.05) is 31.2 Å². The van der Waals surface area contributed by atoms with Crippen molar-refractivity contribution >= 4 is 17.9 Å². The molecule has 2 aromatic carbocycles. The van der Waals surface area contributed by atoms with Gasteiger partial charge in [0, 0.05) is 0 Å². The maximum absolute atomic E-state index is 12.2. The molecule has 0 saturated carbocycles. The van der Waals surface area contributed by atoms with Crippen molar-refractivity contribution in [2.45, 2.75) is 38.6 Å². The number of nitrogens with one attached hydrogen (secondary N) is 2. The fourth-order valence-corrected chi connectivity index (χ4v) is 2.92. The van der Waals surface area contributed by atoms with Crippen LogP contribution in [0.3, 0.4) is 0 Å². The Morgan fingerprint density at radius 3 is 2.19 bits per heavy atom. The van der Waals surface area contributed by atoms with E-state index in [1.807, 2.05) is 24.3 Å². The molecule has 0 bridgehead atoms. The molecule has 6 nitrogen and oxygen atoms in total. The molecule has 0 radical (unpaired) electrons. The fraction of sp³-hybridized carbons (Fsp3) is 0.286. The summed E-state index contributed by atoms with van der Waals surface area (Å²) < 4.78 is 5.40. The zero-order chi connectivity index (χ0) is 19.4. The number of hydrogen-bond donors (Lipinski definition) is 2. The van der Waals surface area contributed by atoms with Gasteiger partial charge in [-0.3, -0.25) is 10.1 Å². The molecule has 0 unspecified atom stereocenters. The standard InChI is InChI=1S/C21H22N2O4/c1-3-14-4-8-16(9-5-14)18(24)27-17-10-6-15(7-11-17)12-13-21(2)19(25)22-20(26)23-21/h4-11H,3,12-13H2,1-2H3,(H2,22,23,25,26)/t21-/m1/s1. The van der Waals surface area contributed by atoms with E-state index in [0.29, 0.717) is 24.2 Å². The van der Waals surface area contributed by atoms with Crippen LogP contribution in [0.2, 0.25) is 0 Å². The van der Waals surface area contributed by atoms with Gasteiger partial charge in [0.2, 0.25) is 0 Å². The molecule has 1 atom stereocenters. The molecule has 0 spiro atoms. The summed E-state index contributed by atoms with van der Waals surface area (Å²) in [6, 6.07) is 14.0. The first-order chi connectivity index (χ1) is 12.9. The molecular formula is C21H22N2O4. The number of amides is 3. The molecule has 3 amide bonds. The predicted octanol–water partition coefficient (Wildman–Crippen LogP) is 3.00. The quantitative estimate of drug-likeness (QED) is 0.468. The van der Waals surface area contributed by atoms with Crippen LogP contribution >= 0.6 is 0 Å². The molecule has 3 rings (SSSR count). The first-order valence-corrected chi connectivity index (χ1v) is 8.93. The smallest absolute Gasteiger partial charge is 0.343 e. The number of aryl methyl sites for hydroxylation is 2. The number of imide groups is 1. The van der Waals surface area contributed by atoms with Gasteiger partial charge in [0.25, 0.3) is 5.91 Å². The molecule has 140 valence electrons. The van der Waals surface area contributed by atoms with Crippen LogP contribution in [0.15, 0.2) is 48.5 Å². The zero-order valence-corrected chi connectivity index (χ0v) is 15.4. The van der Waals surface area contributed by atoms with Gasteiger partial charge in [0.15, 0.2) is 0 Å². The SMILES string of the molecule is CCc1ccc(C(=O)Oc2ccc(CC[C@@]3(C)NC(=O)NC3=O)cc2)cc1. The van der Waals surface area contributed by atoms with Crippen LogP contribution in [0.5, 0.6) is 5.75 Å². The molecule has 0 aliphatic carbocycles. The van der Waals surface area contributed by atoms with Crippen LogP contribution in [0, 0.1) is 0 Å². The molecule has 1 aliphatic rings. The van der Waals surface area contributed by atoms with Gasteiger partial charge < -0.3 is 10.1 Å². The molecule has 2 N–H and O–H groups in total. The highest BCUT2D eigenvalue weighted by atomic mass is 16.5. The predicted molar refractivity (Wildman–Crippen MR) is 101 cm³/mol. The second-order valence-corrected chi connectivity index (χ2v) is 6.82. The number of carbonyl (C=O) groups excluding carboxylic acids is 3. The maximum Gasteiger partial charge on any atom is 0.343 e. The average molecular weight is 366 g/mol. The van der Waals surface area contributed by atoms with Gasteiger partial charge in [0.05, 0.1) is 5.56 Å². The number of benzene rings is 2. The van der Waals surface area contributed by atoms with E-state index in [-0.39, 0.29) is 5.91 Å². The van der Waals surface area contributed by atoms with Crippen molar-refractivity contribution in [2.24, 2.45) is 0 Å². The Bertz CT molecular complexity index is 859. The first-order valence-electron chi connectivity index (χ1n) is 8.93. The van der Waals surface area contributed by atoms with Crippen LogP contribution in [-0.2, 0) is 17.6 Å². The van der Waals surface area contributed by atoms with Crippen molar-refractivity contribution in [3.05, 3.63) is 65.2 Å². The number of esters is 1. The van der Waals surface area contributed by atoms with Gasteiger partial charge >= 0.3 is 12.0 Å². The monoisotopic (exact) mass is 366 g/mol. The maximum atomic E-state index is 12.2. The van der Waals surface area contributed by atoms with Crippen molar-refractivity contribution in [3.8, 4) is 5.75 Å². The van der Waals surface area contributed by atoms with Gasteiger partial charge in [0.1, 0.15) is 11.3 Å². The van der Waals surface area contributed by atoms with Crippen molar-refractivity contribution in [2.75, 3.05) is 0 Å². The summed E-state index contributed by atoms with van der Waals surface area (Å²) in [6.45, 7) is 3.76. The van der Waals surface area contributed by atoms with Crippen molar-refractivity contribution in [3.63, 3.8) is 0 Å². The fourth-order valence-electron chi connectivity index (χ4n) is 2.92. The molecule has 1 aliphatic heterocycles. The van der Waals surface area contributed by atoms with E-state index < -0.39 is 17.5 Å². The highest BCUT2D eigenvalue weighted by Crippen LogP contribution is 2.20. The third-order valence-corrected chi connectivity index (χ3v) is 4.76. The highest BCUT2D eigenvalue weighted by Gasteiger charge is 2.41. The second-order valence-electron chi connectivity index (χ2n) is 6.82. The number of urea groups is 1. The minimum Gasteiger partial charge on any atom is -0.423 e. The summed E-state index contributed by atoms with van der Waals surface area (Å²) in [4.78, 5) is 35.3. The first kappa shape index (κ1) is 18.6. The summed E-state index contributed by atoms with van der Waals surface area (Å²) in [5.41, 5.74) is 1.76. The van der Waals surface area contributed by atoms with E-state index in [1.165, 1.54) is 0 Å². The van der Waals surface area contributed by atoms with E-state index in [9.17, 15) is 14.4 Å². The van der Waals surface area contributed by atoms with E-state index in [0.717, 1.165) is 17.5 Å². The van der Waals surface area contributed by atoms with Crippen LogP contribution in [0.4, 0.5) is 4.79 Å². The lowest BCUT2D eigenvalue weighted by Gasteiger charge is -2.20. The lowest BCUT2D eigenvalue weighted by Crippen LogP contribution is -2.43. The zero-order valence-electron chi connectivity index (χ0n) is 15.4. The highest BCUT2D eigenvalue weighted by molar-refractivity contribution is 6.06. The topological polar surface area (TPSA) is 84.5 Å². The second kappa shape index (κ2) is 7.61. The van der Waals surface area contributed by atoms with E-state index in [1.54, 1.807) is 31.2 Å². The summed E-state index contributed by atoms with van der Waals surface area (Å²) in [5.74, 6) is -0.253. The van der Waals surface area contributed by atoms with E-state index in [4.69, 9.17) is 4.74 Å². The third kappa shape index (κ3) is 4.34. The van der Waals surface area contributed by atoms with Gasteiger partial charge in [-0.15, -0.1) is 0 Å². The lowest BCUT2D eigenvalue weighted by atomic mass is 9.93. The van der Waals surface area contributed by atoms with Crippen LogP contribution < -0.4 is 15.4 Å². The molecule has 1 fully saturated rings. The van der Waals surface area contributed by atoms with Crippen molar-refractivity contribution in [1.29, 1.82) is 0 Å². The largest absolute Gasteiger partial charge is 0.423 e. The minimum atomic E-state index is -0.896. The Balaban J connectivity index is 1.57. The van der Waals surface area contributed by atoms with Crippen LogP contribution in [-0.4, -0.2) is 23.4 Å². The van der Waals surface area contributed by atoms with Gasteiger partial charge in [-0.2, -0.15) is 0 Å². The van der Waals surface area contributed by atoms with E-state index in [2.05, 4.69) is 17.6 Å². The average Bonchev–Trinajstić information content (AvgIpc) is 2.93. The molecule has 6 heteroatoms. The molecular weight excluding hydrogens is 344 g/mol. The van der Waals surface area contributed by atoms with Crippen LogP contribution in [0.1, 0.15) is 41.8 Å². The summed E-state index contributed by atoms with van der Waals surface area (Å²) >= 11 is 0. The van der Waals surface area contributed by atoms with Crippen molar-refractivity contribution in [1.82, 2.24) is 10.6 Å². The Kier molecular flexibility index (Phi) is 5.26. The number of hydrogen-bond acceptors (Lipinski definition) is 4. The Morgan fingerprint density at radius 2 is 1.63 bits per heavy atom. The lowest BCUT2D eigenvalue weighted by molar-refractivity contribution is -0.123. The molecule has 1 saturated heterocycles. The van der Waals surface area contributed by atoms with Gasteiger partial charge in [-0.25, -0.2) is 9.59 Å². The number of rotatable bonds is 6. The summed E-state index contributed by atoms with van der Waals surface area (Å²) in [7, 11) is 0. The summed E-state index contributed by atoms with van der Waals surface area (Å²) in [5, 5.41) is 4.90. The normalized spacial score (nSPS) is 18.7. The van der Waals surface area contributed by atoms with Gasteiger partial charge in [-0.05, 0) is 61.6 Å².